The zero-order chi connectivity index (χ0) is 28.3. The Kier molecular flexibility index (Phi) is 11.7. The molecule has 0 fully saturated rings. The number of hydrogen-bond acceptors (Lipinski definition) is 5. The molecule has 206 valence electrons. The van der Waals surface area contributed by atoms with Crippen LogP contribution in [-0.4, -0.2) is 35.2 Å². The van der Waals surface area contributed by atoms with E-state index in [1.165, 1.54) is 12.1 Å². The first kappa shape index (κ1) is 31.2. The third kappa shape index (κ3) is 10.4. The molecule has 0 bridgehead atoms. The van der Waals surface area contributed by atoms with Crippen molar-refractivity contribution in [3.63, 3.8) is 0 Å². The van der Waals surface area contributed by atoms with E-state index in [9.17, 15) is 30.0 Å². The van der Waals surface area contributed by atoms with E-state index >= 15 is 0 Å². The molecule has 11 heteroatoms. The number of rotatable bonds is 9. The lowest BCUT2D eigenvalue weighted by Gasteiger charge is -2.15. The lowest BCUT2D eigenvalue weighted by Crippen LogP contribution is -2.33. The van der Waals surface area contributed by atoms with Crippen LogP contribution in [0.5, 0.6) is 0 Å². The fourth-order valence-electron chi connectivity index (χ4n) is 3.27. The molecule has 1 atom stereocenters. The van der Waals surface area contributed by atoms with Crippen molar-refractivity contribution in [1.82, 2.24) is 4.72 Å². The van der Waals surface area contributed by atoms with Gasteiger partial charge in [0.1, 0.15) is 0 Å². The summed E-state index contributed by atoms with van der Waals surface area (Å²) < 4.78 is 86.1. The van der Waals surface area contributed by atoms with Crippen LogP contribution in [0, 0.1) is 0 Å². The van der Waals surface area contributed by atoms with E-state index in [1.807, 2.05) is 55.5 Å². The van der Waals surface area contributed by atoms with Crippen molar-refractivity contribution >= 4 is 20.5 Å². The first-order valence-electron chi connectivity index (χ1n) is 11.9. The van der Waals surface area contributed by atoms with Crippen LogP contribution >= 0.6 is 0 Å². The molecule has 0 aliphatic carbocycles. The summed E-state index contributed by atoms with van der Waals surface area (Å²) in [6.07, 6.45) is -3.63. The molecule has 0 saturated carbocycles. The summed E-state index contributed by atoms with van der Waals surface area (Å²) in [5, 5.41) is -0.443. The number of benzene rings is 3. The molecule has 38 heavy (non-hydrogen) atoms. The zero-order valence-corrected chi connectivity index (χ0v) is 22.9. The summed E-state index contributed by atoms with van der Waals surface area (Å²) >= 11 is 0. The Labute approximate surface area is 223 Å². The summed E-state index contributed by atoms with van der Waals surface area (Å²) in [7, 11) is -5.61. The molecule has 6 nitrogen and oxygen atoms in total. The van der Waals surface area contributed by atoms with Gasteiger partial charge >= 0.3 is 16.7 Å². The van der Waals surface area contributed by atoms with Gasteiger partial charge < -0.3 is 0 Å². The molecule has 1 N–H and O–H groups in total. The largest absolute Gasteiger partial charge is 0.416 e. The highest BCUT2D eigenvalue weighted by Gasteiger charge is 2.29. The van der Waals surface area contributed by atoms with Gasteiger partial charge in [-0.1, -0.05) is 85.8 Å². The average Bonchev–Trinajstić information content (AvgIpc) is 2.88. The minimum Gasteiger partial charge on any atom is -0.214 e. The van der Waals surface area contributed by atoms with Crippen LogP contribution < -0.4 is 4.72 Å². The highest BCUT2D eigenvalue weighted by Crippen LogP contribution is 2.28. The monoisotopic (exact) mass is 568 g/mol. The zero-order valence-electron chi connectivity index (χ0n) is 21.3. The maximum atomic E-state index is 11.9. The second-order valence-corrected chi connectivity index (χ2v) is 11.9. The summed E-state index contributed by atoms with van der Waals surface area (Å²) in [6, 6.07) is 22.4. The van der Waals surface area contributed by atoms with Crippen LogP contribution in [0.2, 0.25) is 0 Å². The lowest BCUT2D eigenvalue weighted by molar-refractivity contribution is -0.137. The van der Waals surface area contributed by atoms with Gasteiger partial charge in [-0.05, 0) is 48.4 Å². The second-order valence-electron chi connectivity index (χ2n) is 8.85. The molecule has 0 heterocycles. The van der Waals surface area contributed by atoms with Gasteiger partial charge in [0.05, 0.1) is 17.4 Å². The van der Waals surface area contributed by atoms with Crippen molar-refractivity contribution in [3.8, 4) is 11.1 Å². The Morgan fingerprint density at radius 2 is 1.37 bits per heavy atom. The third-order valence-electron chi connectivity index (χ3n) is 5.68. The molecule has 0 radical (unpaired) electrons. The van der Waals surface area contributed by atoms with E-state index in [1.54, 1.807) is 19.9 Å². The topological polar surface area (TPSA) is 92.7 Å². The predicted octanol–water partition coefficient (Wildman–Crippen LogP) is 6.10. The fraction of sp³-hybridized carbons (Fsp3) is 0.333. The van der Waals surface area contributed by atoms with Crippen LogP contribution in [0.1, 0.15) is 43.4 Å². The van der Waals surface area contributed by atoms with Crippen molar-refractivity contribution in [2.24, 2.45) is 4.36 Å². The second kappa shape index (κ2) is 14.2. The summed E-state index contributed by atoms with van der Waals surface area (Å²) in [4.78, 5) is 0. The number of hydrogen-bond donors (Lipinski definition) is 1. The first-order chi connectivity index (χ1) is 17.8. The molecule has 0 aliphatic rings. The molecular formula is C27H31F3N2O4S2. The van der Waals surface area contributed by atoms with Crippen LogP contribution in [0.4, 0.5) is 13.2 Å². The molecule has 0 aliphatic heterocycles. The smallest absolute Gasteiger partial charge is 0.214 e. The number of sulfonamides is 1. The Hall–Kier alpha value is -3.02. The third-order valence-corrected chi connectivity index (χ3v) is 7.88. The van der Waals surface area contributed by atoms with E-state index in [0.717, 1.165) is 34.4 Å². The van der Waals surface area contributed by atoms with Gasteiger partial charge in [0.15, 0.2) is 0 Å². The number of halogens is 3. The standard InChI is InChI=1S/C20H26N2O4S2.C7H5F3/c1-15(2)28(25,26)22-14-16(3)18-8-10-20(11-9-18)19-6-4-17(5-7-19)12-13-21-27(23)24;8-7(9,10)6-4-2-1-3-5-6/h4-11,15-16,22H,12-14H2,1-3H3;1-5H. The van der Waals surface area contributed by atoms with Gasteiger partial charge in [-0.3, -0.25) is 0 Å². The van der Waals surface area contributed by atoms with Gasteiger partial charge in [-0.15, -0.1) is 0 Å². The molecule has 3 rings (SSSR count). The first-order valence-corrected chi connectivity index (χ1v) is 14.4. The van der Waals surface area contributed by atoms with E-state index in [4.69, 9.17) is 0 Å². The van der Waals surface area contributed by atoms with Gasteiger partial charge in [0.25, 0.3) is 0 Å². The molecule has 3 aromatic carbocycles. The summed E-state index contributed by atoms with van der Waals surface area (Å²) in [5.41, 5.74) is 3.62. The van der Waals surface area contributed by atoms with E-state index in [-0.39, 0.29) is 12.5 Å². The molecule has 0 aromatic heterocycles. The Bertz CT molecular complexity index is 1380. The molecule has 1 unspecified atom stereocenters. The molecule has 0 saturated heterocycles. The number of nitrogens with zero attached hydrogens (tertiary/aromatic N) is 1. The maximum absolute atomic E-state index is 11.9. The van der Waals surface area contributed by atoms with Crippen molar-refractivity contribution in [3.05, 3.63) is 95.6 Å². The summed E-state index contributed by atoms with van der Waals surface area (Å²) in [6.45, 7) is 5.93. The lowest BCUT2D eigenvalue weighted by atomic mass is 9.97. The summed E-state index contributed by atoms with van der Waals surface area (Å²) in [5.74, 6) is 0.0697. The van der Waals surface area contributed by atoms with Gasteiger partial charge in [0, 0.05) is 6.54 Å². The minimum atomic E-state index is -4.21. The Balaban J connectivity index is 0.000000423. The van der Waals surface area contributed by atoms with Crippen molar-refractivity contribution in [2.45, 2.75) is 44.5 Å². The predicted molar refractivity (Wildman–Crippen MR) is 144 cm³/mol. The van der Waals surface area contributed by atoms with Crippen LogP contribution in [0.15, 0.2) is 83.2 Å². The maximum Gasteiger partial charge on any atom is 0.416 e. The quantitative estimate of drug-likeness (QED) is 0.338. The Morgan fingerprint density at radius 3 is 1.82 bits per heavy atom. The van der Waals surface area contributed by atoms with Gasteiger partial charge in [-0.25, -0.2) is 13.1 Å². The molecule has 0 spiro atoms. The van der Waals surface area contributed by atoms with Crippen molar-refractivity contribution in [2.75, 3.05) is 13.1 Å². The van der Waals surface area contributed by atoms with E-state index in [2.05, 4.69) is 9.08 Å². The van der Waals surface area contributed by atoms with Crippen molar-refractivity contribution in [1.29, 1.82) is 0 Å². The van der Waals surface area contributed by atoms with Gasteiger partial charge in [0.2, 0.25) is 10.0 Å². The number of nitrogens with one attached hydrogen (secondary N) is 1. The van der Waals surface area contributed by atoms with E-state index in [0.29, 0.717) is 13.0 Å². The fourth-order valence-corrected chi connectivity index (χ4v) is 4.33. The molecule has 0 amide bonds. The van der Waals surface area contributed by atoms with Gasteiger partial charge in [-0.2, -0.15) is 26.0 Å². The highest BCUT2D eigenvalue weighted by atomic mass is 32.2. The van der Waals surface area contributed by atoms with E-state index < -0.39 is 37.5 Å². The Morgan fingerprint density at radius 1 is 0.842 bits per heavy atom. The van der Waals surface area contributed by atoms with Crippen LogP contribution in [0.3, 0.4) is 0 Å². The molecular weight excluding hydrogens is 537 g/mol. The number of alkyl halides is 3. The van der Waals surface area contributed by atoms with Crippen LogP contribution in [0.25, 0.3) is 11.1 Å². The SMILES string of the molecule is CC(CNS(=O)(=O)C(C)C)c1ccc(-c2ccc(CCN=S(=O)=O)cc2)cc1.FC(F)(F)c1ccccc1. The van der Waals surface area contributed by atoms with Crippen LogP contribution in [-0.2, 0) is 33.1 Å². The highest BCUT2D eigenvalue weighted by molar-refractivity contribution is 7.90. The minimum absolute atomic E-state index is 0.0697. The molecule has 3 aromatic rings. The van der Waals surface area contributed by atoms with Crippen molar-refractivity contribution < 1.29 is 30.0 Å². The average molecular weight is 569 g/mol. The normalized spacial score (nSPS) is 12.4.